The lowest BCUT2D eigenvalue weighted by Crippen LogP contribution is -2.43. The number of pyridine rings is 1. The molecule has 0 unspecified atom stereocenters. The van der Waals surface area contributed by atoms with Crippen molar-refractivity contribution < 1.29 is 4.79 Å². The van der Waals surface area contributed by atoms with Crippen molar-refractivity contribution in [3.05, 3.63) is 24.7 Å². The molecule has 3 heterocycles. The van der Waals surface area contributed by atoms with Crippen molar-refractivity contribution in [2.75, 3.05) is 24.5 Å². The molecule has 122 valence electrons. The molecule has 0 aromatic carbocycles. The molecule has 2 aromatic rings. The molecular formula is C17H23N5O. The van der Waals surface area contributed by atoms with Crippen molar-refractivity contribution >= 4 is 22.8 Å². The van der Waals surface area contributed by atoms with Gasteiger partial charge in [0.25, 0.3) is 0 Å². The summed E-state index contributed by atoms with van der Waals surface area (Å²) >= 11 is 0. The number of carbonyl (C=O) groups is 1. The molecule has 1 amide bonds. The summed E-state index contributed by atoms with van der Waals surface area (Å²) in [6, 6.07) is 2.00. The number of piperidine rings is 1. The van der Waals surface area contributed by atoms with Gasteiger partial charge in [0.2, 0.25) is 5.91 Å². The van der Waals surface area contributed by atoms with Crippen LogP contribution in [0.4, 0.5) is 5.69 Å². The summed E-state index contributed by atoms with van der Waals surface area (Å²) in [5, 5.41) is 3.05. The lowest BCUT2D eigenvalue weighted by atomic mass is 9.96. The molecule has 1 aliphatic heterocycles. The number of fused-ring (bicyclic) bond motifs is 1. The standard InChI is InChI=1S/C17H23N5O/c1-12(2)9-21-17(23)13-4-3-7-22(11-13)14-8-15-16(20-10-14)19-6-5-18-15/h5-6,8,10,12-13H,3-4,7,9,11H2,1-2H3,(H,21,23)/t13-/m1/s1. The van der Waals surface area contributed by atoms with Crippen LogP contribution in [0.25, 0.3) is 11.2 Å². The SMILES string of the molecule is CC(C)CNC(=O)[C@@H]1CCCN(c2cnc3nccnc3c2)C1. The van der Waals surface area contributed by atoms with E-state index in [2.05, 4.69) is 39.0 Å². The quantitative estimate of drug-likeness (QED) is 0.935. The lowest BCUT2D eigenvalue weighted by molar-refractivity contribution is -0.125. The van der Waals surface area contributed by atoms with Gasteiger partial charge in [-0.15, -0.1) is 0 Å². The zero-order valence-corrected chi connectivity index (χ0v) is 13.7. The number of anilines is 1. The molecule has 0 saturated carbocycles. The van der Waals surface area contributed by atoms with Crippen LogP contribution in [0.5, 0.6) is 0 Å². The third kappa shape index (κ3) is 3.75. The van der Waals surface area contributed by atoms with Gasteiger partial charge in [-0.1, -0.05) is 13.8 Å². The molecule has 1 aliphatic rings. The van der Waals surface area contributed by atoms with Gasteiger partial charge in [0.15, 0.2) is 5.65 Å². The Hall–Kier alpha value is -2.24. The van der Waals surface area contributed by atoms with Gasteiger partial charge in [0.1, 0.15) is 5.52 Å². The smallest absolute Gasteiger partial charge is 0.224 e. The second-order valence-corrected chi connectivity index (χ2v) is 6.52. The van der Waals surface area contributed by atoms with Crippen molar-refractivity contribution in [1.82, 2.24) is 20.3 Å². The molecule has 0 spiro atoms. The fourth-order valence-electron chi connectivity index (χ4n) is 2.90. The zero-order valence-electron chi connectivity index (χ0n) is 13.7. The largest absolute Gasteiger partial charge is 0.369 e. The number of carbonyl (C=O) groups excluding carboxylic acids is 1. The second kappa shape index (κ2) is 6.89. The van der Waals surface area contributed by atoms with E-state index >= 15 is 0 Å². The van der Waals surface area contributed by atoms with E-state index in [4.69, 9.17) is 0 Å². The molecule has 0 radical (unpaired) electrons. The van der Waals surface area contributed by atoms with E-state index in [0.717, 1.165) is 43.7 Å². The summed E-state index contributed by atoms with van der Waals surface area (Å²) < 4.78 is 0. The van der Waals surface area contributed by atoms with Crippen LogP contribution < -0.4 is 10.2 Å². The van der Waals surface area contributed by atoms with Gasteiger partial charge in [-0.05, 0) is 24.8 Å². The van der Waals surface area contributed by atoms with Crippen LogP contribution in [-0.2, 0) is 4.79 Å². The zero-order chi connectivity index (χ0) is 16.2. The van der Waals surface area contributed by atoms with E-state index in [1.165, 1.54) is 0 Å². The van der Waals surface area contributed by atoms with Gasteiger partial charge in [-0.2, -0.15) is 0 Å². The maximum Gasteiger partial charge on any atom is 0.224 e. The fraction of sp³-hybridized carbons (Fsp3) is 0.529. The lowest BCUT2D eigenvalue weighted by Gasteiger charge is -2.33. The van der Waals surface area contributed by atoms with Crippen molar-refractivity contribution in [1.29, 1.82) is 0 Å². The molecule has 1 fully saturated rings. The molecule has 23 heavy (non-hydrogen) atoms. The van der Waals surface area contributed by atoms with Crippen LogP contribution in [0, 0.1) is 11.8 Å². The number of amides is 1. The maximum atomic E-state index is 12.3. The van der Waals surface area contributed by atoms with Crippen LogP contribution in [0.15, 0.2) is 24.7 Å². The van der Waals surface area contributed by atoms with Gasteiger partial charge >= 0.3 is 0 Å². The molecule has 6 nitrogen and oxygen atoms in total. The molecule has 0 aliphatic carbocycles. The topological polar surface area (TPSA) is 71.0 Å². The number of aromatic nitrogens is 3. The predicted molar refractivity (Wildman–Crippen MR) is 90.1 cm³/mol. The van der Waals surface area contributed by atoms with Crippen LogP contribution >= 0.6 is 0 Å². The summed E-state index contributed by atoms with van der Waals surface area (Å²) in [4.78, 5) is 27.4. The number of hydrogen-bond donors (Lipinski definition) is 1. The van der Waals surface area contributed by atoms with E-state index in [1.54, 1.807) is 12.4 Å². The first-order valence-electron chi connectivity index (χ1n) is 8.23. The van der Waals surface area contributed by atoms with Crippen molar-refractivity contribution in [2.45, 2.75) is 26.7 Å². The summed E-state index contributed by atoms with van der Waals surface area (Å²) in [7, 11) is 0. The number of hydrogen-bond acceptors (Lipinski definition) is 5. The summed E-state index contributed by atoms with van der Waals surface area (Å²) in [6.45, 7) is 6.63. The maximum absolute atomic E-state index is 12.3. The monoisotopic (exact) mass is 313 g/mol. The van der Waals surface area contributed by atoms with E-state index < -0.39 is 0 Å². The highest BCUT2D eigenvalue weighted by atomic mass is 16.1. The Kier molecular flexibility index (Phi) is 4.69. The van der Waals surface area contributed by atoms with Gasteiger partial charge in [-0.25, -0.2) is 9.97 Å². The van der Waals surface area contributed by atoms with Gasteiger partial charge in [0, 0.05) is 32.0 Å². The average molecular weight is 313 g/mol. The minimum Gasteiger partial charge on any atom is -0.369 e. The van der Waals surface area contributed by atoms with Crippen LogP contribution in [0.1, 0.15) is 26.7 Å². The molecule has 2 aromatic heterocycles. The fourth-order valence-corrected chi connectivity index (χ4v) is 2.90. The highest BCUT2D eigenvalue weighted by molar-refractivity contribution is 5.80. The Morgan fingerprint density at radius 1 is 1.35 bits per heavy atom. The van der Waals surface area contributed by atoms with Crippen LogP contribution in [-0.4, -0.2) is 40.5 Å². The third-order valence-corrected chi connectivity index (χ3v) is 4.15. The van der Waals surface area contributed by atoms with Crippen LogP contribution in [0.2, 0.25) is 0 Å². The third-order valence-electron chi connectivity index (χ3n) is 4.15. The Bertz CT molecular complexity index is 687. The van der Waals surface area contributed by atoms with E-state index in [9.17, 15) is 4.79 Å². The minimum absolute atomic E-state index is 0.0417. The van der Waals surface area contributed by atoms with Crippen molar-refractivity contribution in [3.8, 4) is 0 Å². The van der Waals surface area contributed by atoms with Gasteiger partial charge in [0.05, 0.1) is 17.8 Å². The highest BCUT2D eigenvalue weighted by Gasteiger charge is 2.26. The Labute approximate surface area is 136 Å². The van der Waals surface area contributed by atoms with Gasteiger partial charge in [-0.3, -0.25) is 9.78 Å². The highest BCUT2D eigenvalue weighted by Crippen LogP contribution is 2.24. The van der Waals surface area contributed by atoms with E-state index in [0.29, 0.717) is 11.6 Å². The number of rotatable bonds is 4. The second-order valence-electron chi connectivity index (χ2n) is 6.52. The van der Waals surface area contributed by atoms with Crippen molar-refractivity contribution in [2.24, 2.45) is 11.8 Å². The van der Waals surface area contributed by atoms with E-state index in [1.807, 2.05) is 12.3 Å². The molecule has 1 atom stereocenters. The van der Waals surface area contributed by atoms with E-state index in [-0.39, 0.29) is 11.8 Å². The normalized spacial score (nSPS) is 18.4. The first-order chi connectivity index (χ1) is 11.1. The molecule has 6 heteroatoms. The van der Waals surface area contributed by atoms with Crippen LogP contribution in [0.3, 0.4) is 0 Å². The molecule has 0 bridgehead atoms. The molecule has 1 saturated heterocycles. The summed E-state index contributed by atoms with van der Waals surface area (Å²) in [5.41, 5.74) is 2.45. The summed E-state index contributed by atoms with van der Waals surface area (Å²) in [6.07, 6.45) is 7.10. The van der Waals surface area contributed by atoms with Gasteiger partial charge < -0.3 is 10.2 Å². The first-order valence-corrected chi connectivity index (χ1v) is 8.23. The number of nitrogens with zero attached hydrogens (tertiary/aromatic N) is 4. The number of nitrogens with one attached hydrogen (secondary N) is 1. The molecule has 1 N–H and O–H groups in total. The first kappa shape index (κ1) is 15.6. The molecule has 3 rings (SSSR count). The van der Waals surface area contributed by atoms with Crippen molar-refractivity contribution in [3.63, 3.8) is 0 Å². The minimum atomic E-state index is 0.0417. The summed E-state index contributed by atoms with van der Waals surface area (Å²) in [5.74, 6) is 0.680. The average Bonchev–Trinajstić information content (AvgIpc) is 2.59. The Morgan fingerprint density at radius 3 is 3.00 bits per heavy atom. The Morgan fingerprint density at radius 2 is 2.17 bits per heavy atom. The Balaban J connectivity index is 1.70. The molecular weight excluding hydrogens is 290 g/mol. The predicted octanol–water partition coefficient (Wildman–Crippen LogP) is 2.01.